The summed E-state index contributed by atoms with van der Waals surface area (Å²) >= 11 is 0. The molecule has 2 heterocycles. The minimum atomic E-state index is -0.165. The van der Waals surface area contributed by atoms with Gasteiger partial charge in [-0.3, -0.25) is 9.78 Å². The predicted molar refractivity (Wildman–Crippen MR) is 128 cm³/mol. The Morgan fingerprint density at radius 2 is 1.69 bits per heavy atom. The zero-order valence-electron chi connectivity index (χ0n) is 17.4. The number of benzene rings is 3. The second-order valence-electron chi connectivity index (χ2n) is 7.29. The number of ether oxygens (including phenoxy) is 1. The number of aromatic nitrogens is 2. The number of carbonyl (C=O) groups is 1. The second-order valence-corrected chi connectivity index (χ2v) is 7.29. The van der Waals surface area contributed by atoms with Crippen LogP contribution < -0.4 is 15.4 Å². The first-order valence-corrected chi connectivity index (χ1v) is 10.2. The van der Waals surface area contributed by atoms with E-state index in [4.69, 9.17) is 4.74 Å². The lowest BCUT2D eigenvalue weighted by Crippen LogP contribution is -2.11. The number of nitrogens with zero attached hydrogens (tertiary/aromatic N) is 2. The fraction of sp³-hybridized carbons (Fsp3) is 0.0385. The number of methoxy groups -OCH3 is 1. The fourth-order valence-corrected chi connectivity index (χ4v) is 3.58. The quantitative estimate of drug-likeness (QED) is 0.376. The van der Waals surface area contributed by atoms with Crippen molar-refractivity contribution in [1.29, 1.82) is 0 Å². The van der Waals surface area contributed by atoms with Crippen molar-refractivity contribution >= 4 is 44.9 Å². The van der Waals surface area contributed by atoms with Crippen LogP contribution in [0.2, 0.25) is 0 Å². The maximum Gasteiger partial charge on any atom is 0.255 e. The minimum absolute atomic E-state index is 0.165. The van der Waals surface area contributed by atoms with Crippen LogP contribution >= 0.6 is 0 Å². The average Bonchev–Trinajstić information content (AvgIpc) is 2.84. The third-order valence-corrected chi connectivity index (χ3v) is 5.19. The molecule has 0 saturated heterocycles. The average molecular weight is 420 g/mol. The van der Waals surface area contributed by atoms with E-state index in [0.717, 1.165) is 39.1 Å². The standard InChI is InChI=1S/C26H20N4O2/c1-32-24-6-2-5-23-21(24)12-14-25(30-23)28-19-8-10-20(11-9-19)29-26(31)18-7-13-22-17(16-18)4-3-15-27-22/h2-16H,1H3,(H,28,30)(H,29,31). The number of fused-ring (bicyclic) bond motifs is 2. The number of hydrogen-bond acceptors (Lipinski definition) is 5. The summed E-state index contributed by atoms with van der Waals surface area (Å²) in [5, 5.41) is 8.12. The van der Waals surface area contributed by atoms with Gasteiger partial charge in [0.2, 0.25) is 0 Å². The lowest BCUT2D eigenvalue weighted by molar-refractivity contribution is 0.102. The molecule has 6 heteroatoms. The molecule has 0 unspecified atom stereocenters. The molecule has 3 aromatic carbocycles. The third kappa shape index (κ3) is 3.94. The monoisotopic (exact) mass is 420 g/mol. The summed E-state index contributed by atoms with van der Waals surface area (Å²) in [7, 11) is 1.65. The summed E-state index contributed by atoms with van der Waals surface area (Å²) in [6, 6.07) is 26.5. The van der Waals surface area contributed by atoms with Crippen LogP contribution in [0.25, 0.3) is 21.8 Å². The number of rotatable bonds is 5. The van der Waals surface area contributed by atoms with E-state index in [9.17, 15) is 4.79 Å². The van der Waals surface area contributed by atoms with Gasteiger partial charge in [0.15, 0.2) is 0 Å². The van der Waals surface area contributed by atoms with Gasteiger partial charge < -0.3 is 15.4 Å². The topological polar surface area (TPSA) is 76.1 Å². The van der Waals surface area contributed by atoms with Crippen molar-refractivity contribution in [2.45, 2.75) is 0 Å². The molecule has 0 aliphatic carbocycles. The summed E-state index contributed by atoms with van der Waals surface area (Å²) in [5.74, 6) is 1.36. The molecule has 5 rings (SSSR count). The molecule has 1 amide bonds. The van der Waals surface area contributed by atoms with Crippen LogP contribution in [0, 0.1) is 0 Å². The van der Waals surface area contributed by atoms with Crippen molar-refractivity contribution < 1.29 is 9.53 Å². The Morgan fingerprint density at radius 1 is 0.844 bits per heavy atom. The maximum absolute atomic E-state index is 12.6. The van der Waals surface area contributed by atoms with Crippen LogP contribution in [0.1, 0.15) is 10.4 Å². The van der Waals surface area contributed by atoms with Crippen molar-refractivity contribution in [2.75, 3.05) is 17.7 Å². The van der Waals surface area contributed by atoms with Crippen LogP contribution in [-0.4, -0.2) is 23.0 Å². The molecule has 0 aliphatic rings. The number of pyridine rings is 2. The van der Waals surface area contributed by atoms with Crippen molar-refractivity contribution in [3.05, 3.63) is 96.7 Å². The first-order valence-electron chi connectivity index (χ1n) is 10.2. The van der Waals surface area contributed by atoms with Gasteiger partial charge in [-0.05, 0) is 72.8 Å². The zero-order valence-corrected chi connectivity index (χ0v) is 17.4. The predicted octanol–water partition coefficient (Wildman–Crippen LogP) is 5.79. The minimum Gasteiger partial charge on any atom is -0.496 e. The highest BCUT2D eigenvalue weighted by Crippen LogP contribution is 2.26. The van der Waals surface area contributed by atoms with E-state index >= 15 is 0 Å². The Balaban J connectivity index is 1.29. The molecule has 0 atom stereocenters. The Hall–Kier alpha value is -4.45. The number of nitrogens with one attached hydrogen (secondary N) is 2. The molecule has 5 aromatic rings. The molecule has 156 valence electrons. The van der Waals surface area contributed by atoms with Gasteiger partial charge in [-0.25, -0.2) is 4.98 Å². The van der Waals surface area contributed by atoms with Gasteiger partial charge in [0.05, 0.1) is 18.1 Å². The molecular formula is C26H20N4O2. The first kappa shape index (κ1) is 19.5. The number of anilines is 3. The first-order chi connectivity index (χ1) is 15.7. The van der Waals surface area contributed by atoms with E-state index in [2.05, 4.69) is 20.6 Å². The summed E-state index contributed by atoms with van der Waals surface area (Å²) in [6.07, 6.45) is 1.74. The lowest BCUT2D eigenvalue weighted by atomic mass is 10.1. The van der Waals surface area contributed by atoms with Gasteiger partial charge in [-0.15, -0.1) is 0 Å². The Labute approximate surface area is 184 Å². The Morgan fingerprint density at radius 3 is 2.53 bits per heavy atom. The van der Waals surface area contributed by atoms with Gasteiger partial charge >= 0.3 is 0 Å². The van der Waals surface area contributed by atoms with E-state index in [0.29, 0.717) is 11.3 Å². The van der Waals surface area contributed by atoms with Gasteiger partial charge in [0, 0.05) is 33.9 Å². The van der Waals surface area contributed by atoms with Crippen LogP contribution in [0.3, 0.4) is 0 Å². The fourth-order valence-electron chi connectivity index (χ4n) is 3.58. The zero-order chi connectivity index (χ0) is 21.9. The number of amides is 1. The molecule has 0 spiro atoms. The van der Waals surface area contributed by atoms with E-state index in [-0.39, 0.29) is 5.91 Å². The molecule has 2 aromatic heterocycles. The van der Waals surface area contributed by atoms with E-state index < -0.39 is 0 Å². The van der Waals surface area contributed by atoms with Crippen LogP contribution in [0.5, 0.6) is 5.75 Å². The van der Waals surface area contributed by atoms with Crippen molar-refractivity contribution in [3.8, 4) is 5.75 Å². The lowest BCUT2D eigenvalue weighted by Gasteiger charge is -2.10. The highest BCUT2D eigenvalue weighted by molar-refractivity contribution is 6.06. The van der Waals surface area contributed by atoms with Crippen LogP contribution in [0.15, 0.2) is 91.1 Å². The van der Waals surface area contributed by atoms with Crippen LogP contribution in [0.4, 0.5) is 17.2 Å². The van der Waals surface area contributed by atoms with E-state index in [1.165, 1.54) is 0 Å². The van der Waals surface area contributed by atoms with Gasteiger partial charge in [0.1, 0.15) is 11.6 Å². The Kier molecular flexibility index (Phi) is 5.09. The SMILES string of the molecule is COc1cccc2nc(Nc3ccc(NC(=O)c4ccc5ncccc5c4)cc3)ccc12. The van der Waals surface area contributed by atoms with Gasteiger partial charge in [0.25, 0.3) is 5.91 Å². The number of hydrogen-bond donors (Lipinski definition) is 2. The van der Waals surface area contributed by atoms with Crippen LogP contribution in [-0.2, 0) is 0 Å². The molecule has 0 fully saturated rings. The van der Waals surface area contributed by atoms with E-state index in [1.807, 2.05) is 78.9 Å². The third-order valence-electron chi connectivity index (χ3n) is 5.19. The van der Waals surface area contributed by atoms with Crippen molar-refractivity contribution in [3.63, 3.8) is 0 Å². The molecule has 2 N–H and O–H groups in total. The molecular weight excluding hydrogens is 400 g/mol. The van der Waals surface area contributed by atoms with Crippen molar-refractivity contribution in [2.24, 2.45) is 0 Å². The molecule has 0 radical (unpaired) electrons. The molecule has 6 nitrogen and oxygen atoms in total. The smallest absolute Gasteiger partial charge is 0.255 e. The van der Waals surface area contributed by atoms with Gasteiger partial charge in [-0.2, -0.15) is 0 Å². The molecule has 0 saturated carbocycles. The normalized spacial score (nSPS) is 10.8. The summed E-state index contributed by atoms with van der Waals surface area (Å²) < 4.78 is 5.39. The summed E-state index contributed by atoms with van der Waals surface area (Å²) in [6.45, 7) is 0. The highest BCUT2D eigenvalue weighted by Gasteiger charge is 2.08. The largest absolute Gasteiger partial charge is 0.496 e. The van der Waals surface area contributed by atoms with E-state index in [1.54, 1.807) is 19.4 Å². The summed E-state index contributed by atoms with van der Waals surface area (Å²) in [5.41, 5.74) is 3.88. The maximum atomic E-state index is 12.6. The van der Waals surface area contributed by atoms with Gasteiger partial charge in [-0.1, -0.05) is 12.1 Å². The molecule has 32 heavy (non-hydrogen) atoms. The summed E-state index contributed by atoms with van der Waals surface area (Å²) in [4.78, 5) is 21.6. The molecule has 0 bridgehead atoms. The Bertz CT molecular complexity index is 1430. The highest BCUT2D eigenvalue weighted by atomic mass is 16.5. The molecule has 0 aliphatic heterocycles. The second kappa shape index (κ2) is 8.35. The number of carbonyl (C=O) groups excluding carboxylic acids is 1. The van der Waals surface area contributed by atoms with Crippen molar-refractivity contribution in [1.82, 2.24) is 9.97 Å².